The Labute approximate surface area is 149 Å². The van der Waals surface area contributed by atoms with Gasteiger partial charge in [0.15, 0.2) is 12.4 Å². The van der Waals surface area contributed by atoms with Crippen LogP contribution in [-0.4, -0.2) is 57.5 Å². The standard InChI is InChI=1S/C13H16Cl2N2O6S/c1-17(2)11(18)7-23-13-9(14)5-8(6-10(13)15)24(21,22)16-4-3-12(19)20/h5-6,16H,3-4,7H2,1-2H3,(H,19,20). The lowest BCUT2D eigenvalue weighted by Crippen LogP contribution is -2.28. The second-order valence-corrected chi connectivity index (χ2v) is 7.42. The van der Waals surface area contributed by atoms with Crippen molar-refractivity contribution in [3.8, 4) is 5.75 Å². The number of ether oxygens (including phenoxy) is 1. The monoisotopic (exact) mass is 398 g/mol. The molecule has 0 aromatic heterocycles. The number of carbonyl (C=O) groups excluding carboxylic acids is 1. The van der Waals surface area contributed by atoms with Gasteiger partial charge in [0, 0.05) is 20.6 Å². The Hall–Kier alpha value is -1.55. The summed E-state index contributed by atoms with van der Waals surface area (Å²) in [4.78, 5) is 23.0. The summed E-state index contributed by atoms with van der Waals surface area (Å²) in [5, 5.41) is 8.34. The first-order valence-corrected chi connectivity index (χ1v) is 8.82. The first kappa shape index (κ1) is 20.5. The van der Waals surface area contributed by atoms with Crippen LogP contribution in [0.1, 0.15) is 6.42 Å². The third-order valence-electron chi connectivity index (χ3n) is 2.75. The number of nitrogens with one attached hydrogen (secondary N) is 1. The quantitative estimate of drug-likeness (QED) is 0.680. The van der Waals surface area contributed by atoms with E-state index in [0.717, 1.165) is 12.1 Å². The predicted molar refractivity (Wildman–Crippen MR) is 88.1 cm³/mol. The van der Waals surface area contributed by atoms with E-state index in [-0.39, 0.29) is 46.2 Å². The minimum atomic E-state index is -3.98. The number of amides is 1. The summed E-state index contributed by atoms with van der Waals surface area (Å²) in [6.45, 7) is -0.585. The highest BCUT2D eigenvalue weighted by Crippen LogP contribution is 2.35. The van der Waals surface area contributed by atoms with Crippen molar-refractivity contribution in [2.75, 3.05) is 27.2 Å². The number of benzene rings is 1. The number of nitrogens with zero attached hydrogens (tertiary/aromatic N) is 1. The molecule has 0 spiro atoms. The number of sulfonamides is 1. The molecule has 0 radical (unpaired) electrons. The maximum Gasteiger partial charge on any atom is 0.304 e. The van der Waals surface area contributed by atoms with Gasteiger partial charge in [0.2, 0.25) is 10.0 Å². The summed E-state index contributed by atoms with van der Waals surface area (Å²) in [7, 11) is -0.877. The molecule has 0 aliphatic carbocycles. The Morgan fingerprint density at radius 3 is 2.25 bits per heavy atom. The third-order valence-corrected chi connectivity index (χ3v) is 4.75. The van der Waals surface area contributed by atoms with Crippen molar-refractivity contribution in [1.29, 1.82) is 0 Å². The fourth-order valence-electron chi connectivity index (χ4n) is 1.47. The molecule has 24 heavy (non-hydrogen) atoms. The van der Waals surface area contributed by atoms with Crippen molar-refractivity contribution in [3.05, 3.63) is 22.2 Å². The van der Waals surface area contributed by atoms with Crippen LogP contribution in [0.25, 0.3) is 0 Å². The van der Waals surface area contributed by atoms with E-state index >= 15 is 0 Å². The third kappa shape index (κ3) is 5.82. The highest BCUT2D eigenvalue weighted by molar-refractivity contribution is 7.89. The number of carbonyl (C=O) groups is 2. The van der Waals surface area contributed by atoms with E-state index in [1.807, 2.05) is 0 Å². The molecule has 0 heterocycles. The molecule has 1 amide bonds. The smallest absolute Gasteiger partial charge is 0.304 e. The fraction of sp³-hybridized carbons (Fsp3) is 0.385. The van der Waals surface area contributed by atoms with Gasteiger partial charge >= 0.3 is 5.97 Å². The van der Waals surface area contributed by atoms with Crippen LogP contribution in [-0.2, 0) is 19.6 Å². The molecule has 0 atom stereocenters. The molecule has 1 rings (SSSR count). The number of hydrogen-bond donors (Lipinski definition) is 2. The SMILES string of the molecule is CN(C)C(=O)COc1c(Cl)cc(S(=O)(=O)NCCC(=O)O)cc1Cl. The van der Waals surface area contributed by atoms with Crippen LogP contribution in [0.5, 0.6) is 5.75 Å². The molecule has 0 unspecified atom stereocenters. The summed E-state index contributed by atoms with van der Waals surface area (Å²) in [5.74, 6) is -1.48. The van der Waals surface area contributed by atoms with Crippen LogP contribution < -0.4 is 9.46 Å². The van der Waals surface area contributed by atoms with Gasteiger partial charge in [-0.15, -0.1) is 0 Å². The second-order valence-electron chi connectivity index (χ2n) is 4.83. The van der Waals surface area contributed by atoms with Crippen molar-refractivity contribution in [1.82, 2.24) is 9.62 Å². The van der Waals surface area contributed by atoms with Crippen molar-refractivity contribution < 1.29 is 27.9 Å². The lowest BCUT2D eigenvalue weighted by Gasteiger charge is -2.14. The zero-order valence-corrected chi connectivity index (χ0v) is 15.2. The molecule has 0 bridgehead atoms. The number of rotatable bonds is 8. The van der Waals surface area contributed by atoms with Gasteiger partial charge in [-0.1, -0.05) is 23.2 Å². The van der Waals surface area contributed by atoms with Crippen LogP contribution in [0.15, 0.2) is 17.0 Å². The van der Waals surface area contributed by atoms with Crippen LogP contribution in [0.2, 0.25) is 10.0 Å². The van der Waals surface area contributed by atoms with Gasteiger partial charge in [-0.3, -0.25) is 9.59 Å². The molecule has 0 aliphatic heterocycles. The zero-order chi connectivity index (χ0) is 18.5. The van der Waals surface area contributed by atoms with Gasteiger partial charge in [0.05, 0.1) is 21.4 Å². The predicted octanol–water partition coefficient (Wildman–Crippen LogP) is 1.21. The second kappa shape index (κ2) is 8.52. The van der Waals surface area contributed by atoms with E-state index in [9.17, 15) is 18.0 Å². The molecule has 2 N–H and O–H groups in total. The van der Waals surface area contributed by atoms with Gasteiger partial charge in [0.1, 0.15) is 0 Å². The van der Waals surface area contributed by atoms with Crippen molar-refractivity contribution in [2.24, 2.45) is 0 Å². The molecule has 11 heteroatoms. The Bertz CT molecular complexity index is 713. The minimum absolute atomic E-state index is 0.0157. The van der Waals surface area contributed by atoms with Gasteiger partial charge in [0.25, 0.3) is 5.91 Å². The molecule has 8 nitrogen and oxygen atoms in total. The van der Waals surface area contributed by atoms with Gasteiger partial charge in [-0.05, 0) is 12.1 Å². The Morgan fingerprint density at radius 1 is 1.25 bits per heavy atom. The lowest BCUT2D eigenvalue weighted by molar-refractivity contribution is -0.136. The van der Waals surface area contributed by atoms with Crippen molar-refractivity contribution in [2.45, 2.75) is 11.3 Å². The highest BCUT2D eigenvalue weighted by atomic mass is 35.5. The van der Waals surface area contributed by atoms with E-state index in [1.165, 1.54) is 4.90 Å². The summed E-state index contributed by atoms with van der Waals surface area (Å²) >= 11 is 11.9. The summed E-state index contributed by atoms with van der Waals surface area (Å²) in [6, 6.07) is 2.21. The number of carboxylic acid groups (broad SMARTS) is 1. The van der Waals surface area contributed by atoms with Gasteiger partial charge in [-0.2, -0.15) is 0 Å². The van der Waals surface area contributed by atoms with Crippen LogP contribution in [0.4, 0.5) is 0 Å². The molecule has 0 aliphatic rings. The van der Waals surface area contributed by atoms with Crippen LogP contribution in [0, 0.1) is 0 Å². The molecular weight excluding hydrogens is 383 g/mol. The van der Waals surface area contributed by atoms with E-state index in [0.29, 0.717) is 0 Å². The van der Waals surface area contributed by atoms with E-state index in [2.05, 4.69) is 4.72 Å². The Kier molecular flexibility index (Phi) is 7.27. The topological polar surface area (TPSA) is 113 Å². The average Bonchev–Trinajstić information content (AvgIpc) is 2.45. The first-order valence-electron chi connectivity index (χ1n) is 6.58. The normalized spacial score (nSPS) is 11.2. The number of hydrogen-bond acceptors (Lipinski definition) is 5. The molecule has 1 aromatic rings. The van der Waals surface area contributed by atoms with E-state index in [1.54, 1.807) is 14.1 Å². The number of aliphatic carboxylic acids is 1. The molecule has 0 fully saturated rings. The molecule has 0 saturated heterocycles. The van der Waals surface area contributed by atoms with Crippen LogP contribution >= 0.6 is 23.2 Å². The summed E-state index contributed by atoms with van der Waals surface area (Å²) in [5.41, 5.74) is 0. The fourth-order valence-corrected chi connectivity index (χ4v) is 3.28. The van der Waals surface area contributed by atoms with Gasteiger partial charge in [-0.25, -0.2) is 13.1 Å². The van der Waals surface area contributed by atoms with E-state index in [4.69, 9.17) is 33.0 Å². The van der Waals surface area contributed by atoms with Gasteiger partial charge < -0.3 is 14.7 Å². The lowest BCUT2D eigenvalue weighted by atomic mass is 10.3. The van der Waals surface area contributed by atoms with Crippen LogP contribution in [0.3, 0.4) is 0 Å². The molecule has 0 saturated carbocycles. The number of likely N-dealkylation sites (N-methyl/N-ethyl adjacent to an activating group) is 1. The molecule has 134 valence electrons. The Balaban J connectivity index is 2.94. The first-order chi connectivity index (χ1) is 11.0. The molecular formula is C13H16Cl2N2O6S. The average molecular weight is 399 g/mol. The maximum absolute atomic E-state index is 12.1. The number of halogens is 2. The largest absolute Gasteiger partial charge is 0.481 e. The maximum atomic E-state index is 12.1. The van der Waals surface area contributed by atoms with Crippen molar-refractivity contribution >= 4 is 45.1 Å². The zero-order valence-electron chi connectivity index (χ0n) is 12.9. The minimum Gasteiger partial charge on any atom is -0.481 e. The number of carboxylic acids is 1. The highest BCUT2D eigenvalue weighted by Gasteiger charge is 2.20. The van der Waals surface area contributed by atoms with E-state index < -0.39 is 16.0 Å². The summed E-state index contributed by atoms with van der Waals surface area (Å²) in [6.07, 6.45) is -0.367. The summed E-state index contributed by atoms with van der Waals surface area (Å²) < 4.78 is 31.5. The Morgan fingerprint density at radius 2 is 1.79 bits per heavy atom. The molecule has 1 aromatic carbocycles. The van der Waals surface area contributed by atoms with Crippen molar-refractivity contribution in [3.63, 3.8) is 0 Å².